The van der Waals surface area contributed by atoms with Crippen LogP contribution in [0.4, 0.5) is 11.6 Å². The molecule has 7 heteroatoms. The number of rotatable bonds is 4. The van der Waals surface area contributed by atoms with Gasteiger partial charge in [-0.25, -0.2) is 9.50 Å². The molecule has 4 aromatic rings. The van der Waals surface area contributed by atoms with Crippen LogP contribution in [0.25, 0.3) is 27.9 Å². The van der Waals surface area contributed by atoms with Crippen molar-refractivity contribution in [3.8, 4) is 11.3 Å². The Morgan fingerprint density at radius 1 is 1.25 bits per heavy atom. The third kappa shape index (κ3) is 2.17. The van der Waals surface area contributed by atoms with Gasteiger partial charge in [-0.05, 0) is 49.1 Å². The molecule has 0 spiro atoms. The molecule has 24 heavy (non-hydrogen) atoms. The summed E-state index contributed by atoms with van der Waals surface area (Å²) in [4.78, 5) is 4.44. The zero-order valence-electron chi connectivity index (χ0n) is 12.9. The molecule has 1 saturated carbocycles. The number of anilines is 2. The topological polar surface area (TPSA) is 94.3 Å². The van der Waals surface area contributed by atoms with Gasteiger partial charge in [-0.3, -0.25) is 0 Å². The quantitative estimate of drug-likeness (QED) is 0.600. The summed E-state index contributed by atoms with van der Waals surface area (Å²) in [5.74, 6) is 2.04. The Labute approximate surface area is 137 Å². The molecule has 0 bridgehead atoms. The number of nitrogen functional groups attached to an aromatic ring is 1. The van der Waals surface area contributed by atoms with E-state index in [1.54, 1.807) is 0 Å². The van der Waals surface area contributed by atoms with Gasteiger partial charge in [-0.1, -0.05) is 5.16 Å². The molecule has 0 aliphatic heterocycles. The lowest BCUT2D eigenvalue weighted by molar-refractivity contribution is 0.460. The highest BCUT2D eigenvalue weighted by molar-refractivity contribution is 5.90. The van der Waals surface area contributed by atoms with Crippen LogP contribution in [-0.2, 0) is 0 Å². The molecule has 0 radical (unpaired) electrons. The smallest absolute Gasteiger partial charge is 0.174 e. The molecule has 3 N–H and O–H groups in total. The minimum Gasteiger partial charge on any atom is -0.380 e. The van der Waals surface area contributed by atoms with Crippen molar-refractivity contribution in [3.05, 3.63) is 36.5 Å². The van der Waals surface area contributed by atoms with E-state index < -0.39 is 0 Å². The lowest BCUT2D eigenvalue weighted by atomic mass is 10.1. The van der Waals surface area contributed by atoms with Crippen LogP contribution in [0.15, 0.2) is 41.1 Å². The van der Waals surface area contributed by atoms with Gasteiger partial charge in [0, 0.05) is 12.1 Å². The van der Waals surface area contributed by atoms with Gasteiger partial charge >= 0.3 is 0 Å². The number of aromatic nitrogens is 4. The molecule has 1 aliphatic carbocycles. The third-order valence-electron chi connectivity index (χ3n) is 4.42. The molecule has 120 valence electrons. The van der Waals surface area contributed by atoms with E-state index in [1.807, 2.05) is 41.0 Å². The first-order chi connectivity index (χ1) is 11.8. The fourth-order valence-corrected chi connectivity index (χ4v) is 2.85. The Kier molecular flexibility index (Phi) is 2.76. The molecule has 7 nitrogen and oxygen atoms in total. The SMILES string of the molecule is Nc1noc2ccc(-c3cnc4ccc(NCC5CC5)nn34)cc12. The van der Waals surface area contributed by atoms with Crippen molar-refractivity contribution in [3.63, 3.8) is 0 Å². The predicted molar refractivity (Wildman–Crippen MR) is 91.6 cm³/mol. The van der Waals surface area contributed by atoms with Crippen LogP contribution >= 0.6 is 0 Å². The molecule has 5 rings (SSSR count). The van der Waals surface area contributed by atoms with E-state index in [2.05, 4.69) is 20.6 Å². The fraction of sp³-hybridized carbons (Fsp3) is 0.235. The van der Waals surface area contributed by atoms with Crippen LogP contribution in [0.1, 0.15) is 12.8 Å². The van der Waals surface area contributed by atoms with Crippen molar-refractivity contribution in [1.29, 1.82) is 0 Å². The number of fused-ring (bicyclic) bond motifs is 2. The van der Waals surface area contributed by atoms with E-state index in [0.717, 1.165) is 40.6 Å². The molecule has 3 aromatic heterocycles. The van der Waals surface area contributed by atoms with Gasteiger partial charge in [0.1, 0.15) is 5.82 Å². The fourth-order valence-electron chi connectivity index (χ4n) is 2.85. The standard InChI is InChI=1S/C17H16N6O/c18-17-12-7-11(3-4-14(12)24-22-17)13-9-20-16-6-5-15(21-23(13)16)19-8-10-1-2-10/h3-7,9-10H,1-2,8H2,(H2,18,22)(H,19,21). The molecular weight excluding hydrogens is 304 g/mol. The Bertz CT molecular complexity index is 1050. The second kappa shape index (κ2) is 4.95. The summed E-state index contributed by atoms with van der Waals surface area (Å²) in [6.07, 6.45) is 4.44. The predicted octanol–water partition coefficient (Wildman–Crippen LogP) is 2.94. The molecule has 0 saturated heterocycles. The van der Waals surface area contributed by atoms with Gasteiger partial charge in [0.2, 0.25) is 0 Å². The van der Waals surface area contributed by atoms with Crippen molar-refractivity contribution in [2.75, 3.05) is 17.6 Å². The van der Waals surface area contributed by atoms with Crippen molar-refractivity contribution < 1.29 is 4.52 Å². The highest BCUT2D eigenvalue weighted by Crippen LogP contribution is 2.30. The Morgan fingerprint density at radius 2 is 2.17 bits per heavy atom. The molecule has 3 heterocycles. The van der Waals surface area contributed by atoms with Crippen LogP contribution in [0.2, 0.25) is 0 Å². The maximum atomic E-state index is 5.86. The molecule has 1 fully saturated rings. The van der Waals surface area contributed by atoms with Gasteiger partial charge in [0.25, 0.3) is 0 Å². The van der Waals surface area contributed by atoms with Crippen molar-refractivity contribution in [2.24, 2.45) is 5.92 Å². The second-order valence-electron chi connectivity index (χ2n) is 6.24. The van der Waals surface area contributed by atoms with E-state index in [9.17, 15) is 0 Å². The lowest BCUT2D eigenvalue weighted by Crippen LogP contribution is -2.07. The monoisotopic (exact) mass is 320 g/mol. The van der Waals surface area contributed by atoms with E-state index in [0.29, 0.717) is 11.4 Å². The first-order valence-corrected chi connectivity index (χ1v) is 8.02. The Morgan fingerprint density at radius 3 is 3.04 bits per heavy atom. The number of nitrogens with zero attached hydrogens (tertiary/aromatic N) is 4. The summed E-state index contributed by atoms with van der Waals surface area (Å²) < 4.78 is 7.01. The minimum atomic E-state index is 0.389. The number of hydrogen-bond donors (Lipinski definition) is 2. The van der Waals surface area contributed by atoms with Crippen LogP contribution in [0.5, 0.6) is 0 Å². The number of hydrogen-bond acceptors (Lipinski definition) is 6. The molecule has 0 unspecified atom stereocenters. The Balaban J connectivity index is 1.58. The molecule has 0 amide bonds. The van der Waals surface area contributed by atoms with E-state index in [1.165, 1.54) is 12.8 Å². The molecule has 0 atom stereocenters. The number of nitrogens with two attached hydrogens (primary N) is 1. The van der Waals surface area contributed by atoms with Crippen molar-refractivity contribution in [2.45, 2.75) is 12.8 Å². The van der Waals surface area contributed by atoms with Gasteiger partial charge in [-0.15, -0.1) is 5.10 Å². The van der Waals surface area contributed by atoms with Gasteiger partial charge in [0.15, 0.2) is 17.0 Å². The van der Waals surface area contributed by atoms with Crippen LogP contribution in [0.3, 0.4) is 0 Å². The van der Waals surface area contributed by atoms with Crippen molar-refractivity contribution in [1.82, 2.24) is 19.8 Å². The molecule has 1 aliphatic rings. The maximum Gasteiger partial charge on any atom is 0.174 e. The zero-order chi connectivity index (χ0) is 16.1. The largest absolute Gasteiger partial charge is 0.380 e. The second-order valence-corrected chi connectivity index (χ2v) is 6.24. The maximum absolute atomic E-state index is 5.86. The van der Waals surface area contributed by atoms with Gasteiger partial charge in [0.05, 0.1) is 17.3 Å². The number of nitrogens with one attached hydrogen (secondary N) is 1. The number of benzene rings is 1. The van der Waals surface area contributed by atoms with Crippen LogP contribution < -0.4 is 11.1 Å². The van der Waals surface area contributed by atoms with E-state index in [4.69, 9.17) is 10.3 Å². The minimum absolute atomic E-state index is 0.389. The van der Waals surface area contributed by atoms with Crippen LogP contribution in [-0.4, -0.2) is 26.3 Å². The van der Waals surface area contributed by atoms with Crippen LogP contribution in [0, 0.1) is 5.92 Å². The highest BCUT2D eigenvalue weighted by atomic mass is 16.5. The van der Waals surface area contributed by atoms with Crippen molar-refractivity contribution >= 4 is 28.3 Å². The molecular formula is C17H16N6O. The summed E-state index contributed by atoms with van der Waals surface area (Å²) >= 11 is 0. The summed E-state index contributed by atoms with van der Waals surface area (Å²) in [5.41, 5.74) is 9.21. The average Bonchev–Trinajstić information content (AvgIpc) is 3.24. The summed E-state index contributed by atoms with van der Waals surface area (Å²) in [7, 11) is 0. The van der Waals surface area contributed by atoms with E-state index >= 15 is 0 Å². The Hall–Kier alpha value is -3.09. The highest BCUT2D eigenvalue weighted by Gasteiger charge is 2.21. The lowest BCUT2D eigenvalue weighted by Gasteiger charge is -2.06. The average molecular weight is 320 g/mol. The van der Waals surface area contributed by atoms with E-state index in [-0.39, 0.29) is 0 Å². The number of imidazole rings is 1. The van der Waals surface area contributed by atoms with Gasteiger partial charge < -0.3 is 15.6 Å². The van der Waals surface area contributed by atoms with Gasteiger partial charge in [-0.2, -0.15) is 0 Å². The zero-order valence-corrected chi connectivity index (χ0v) is 12.9. The summed E-state index contributed by atoms with van der Waals surface area (Å²) in [6, 6.07) is 9.72. The first-order valence-electron chi connectivity index (χ1n) is 8.02. The normalized spacial score (nSPS) is 14.5. The third-order valence-corrected chi connectivity index (χ3v) is 4.42. The summed E-state index contributed by atoms with van der Waals surface area (Å²) in [6.45, 7) is 0.978. The molecule has 1 aromatic carbocycles. The summed E-state index contributed by atoms with van der Waals surface area (Å²) in [5, 5.41) is 12.7. The first kappa shape index (κ1) is 13.4.